The van der Waals surface area contributed by atoms with Crippen LogP contribution < -0.4 is 4.72 Å². The molecule has 1 aromatic rings. The van der Waals surface area contributed by atoms with Crippen LogP contribution in [0.3, 0.4) is 0 Å². The summed E-state index contributed by atoms with van der Waals surface area (Å²) in [7, 11) is -3.29. The second-order valence-electron chi connectivity index (χ2n) is 3.72. The summed E-state index contributed by atoms with van der Waals surface area (Å²) in [5.74, 6) is -0.340. The largest absolute Gasteiger partial charge is 0.462 e. The Kier molecular flexibility index (Phi) is 5.15. The summed E-state index contributed by atoms with van der Waals surface area (Å²) in [6, 6.07) is 6.14. The Balaban J connectivity index is 2.75. The molecule has 6 heteroatoms. The smallest absolute Gasteiger partial charge is 0.338 e. The van der Waals surface area contributed by atoms with Gasteiger partial charge in [-0.1, -0.05) is 6.92 Å². The van der Waals surface area contributed by atoms with Gasteiger partial charge in [-0.3, -0.25) is 4.72 Å². The lowest BCUT2D eigenvalue weighted by Gasteiger charge is -2.07. The van der Waals surface area contributed by atoms with Crippen molar-refractivity contribution in [2.24, 2.45) is 0 Å². The molecule has 0 fully saturated rings. The number of hydrogen-bond acceptors (Lipinski definition) is 4. The van der Waals surface area contributed by atoms with E-state index in [2.05, 4.69) is 4.72 Å². The van der Waals surface area contributed by atoms with Crippen LogP contribution in [-0.4, -0.2) is 26.7 Å². The van der Waals surface area contributed by atoms with Crippen molar-refractivity contribution in [3.05, 3.63) is 29.8 Å². The molecule has 0 aliphatic rings. The van der Waals surface area contributed by atoms with Gasteiger partial charge in [-0.15, -0.1) is 0 Å². The van der Waals surface area contributed by atoms with Crippen LogP contribution in [0.25, 0.3) is 0 Å². The van der Waals surface area contributed by atoms with Crippen LogP contribution in [0.4, 0.5) is 5.69 Å². The van der Waals surface area contributed by atoms with Gasteiger partial charge in [-0.2, -0.15) is 0 Å². The number of hydrogen-bond donors (Lipinski definition) is 1. The Hall–Kier alpha value is -1.56. The molecule has 0 aromatic heterocycles. The van der Waals surface area contributed by atoms with Crippen LogP contribution in [0, 0.1) is 0 Å². The first kappa shape index (κ1) is 14.5. The molecule has 1 N–H and O–H groups in total. The third kappa shape index (κ3) is 4.37. The van der Waals surface area contributed by atoms with Crippen LogP contribution in [0.15, 0.2) is 24.3 Å². The molecule has 18 heavy (non-hydrogen) atoms. The van der Waals surface area contributed by atoms with E-state index in [-0.39, 0.29) is 5.75 Å². The number of anilines is 1. The average Bonchev–Trinajstić information content (AvgIpc) is 2.29. The predicted octanol–water partition coefficient (Wildman–Crippen LogP) is 2.02. The van der Waals surface area contributed by atoms with E-state index in [1.54, 1.807) is 26.0 Å². The van der Waals surface area contributed by atoms with Crippen LogP contribution in [0.1, 0.15) is 30.6 Å². The summed E-state index contributed by atoms with van der Waals surface area (Å²) < 4.78 is 30.3. The highest BCUT2D eigenvalue weighted by molar-refractivity contribution is 7.92. The minimum absolute atomic E-state index is 0.0760. The predicted molar refractivity (Wildman–Crippen MR) is 70.1 cm³/mol. The summed E-state index contributed by atoms with van der Waals surface area (Å²) in [5.41, 5.74) is 0.840. The Labute approximate surface area is 107 Å². The monoisotopic (exact) mass is 271 g/mol. The summed E-state index contributed by atoms with van der Waals surface area (Å²) in [4.78, 5) is 11.4. The topological polar surface area (TPSA) is 72.5 Å². The van der Waals surface area contributed by atoms with Gasteiger partial charge in [0.05, 0.1) is 17.9 Å². The van der Waals surface area contributed by atoms with Crippen molar-refractivity contribution in [3.8, 4) is 0 Å². The number of nitrogens with one attached hydrogen (secondary N) is 1. The van der Waals surface area contributed by atoms with E-state index in [0.29, 0.717) is 24.3 Å². The zero-order valence-corrected chi connectivity index (χ0v) is 11.3. The standard InChI is InChI=1S/C12H17NO4S/c1-3-9-18(15,16)13-11-7-5-10(6-8-11)12(14)17-4-2/h5-8,13H,3-4,9H2,1-2H3. The first-order chi connectivity index (χ1) is 8.48. The fraction of sp³-hybridized carbons (Fsp3) is 0.417. The van der Waals surface area contributed by atoms with Crippen molar-refractivity contribution >= 4 is 21.7 Å². The van der Waals surface area contributed by atoms with E-state index in [9.17, 15) is 13.2 Å². The summed E-state index contributed by atoms with van der Waals surface area (Å²) in [5, 5.41) is 0. The maximum absolute atomic E-state index is 11.5. The second-order valence-corrected chi connectivity index (χ2v) is 5.56. The van der Waals surface area contributed by atoms with Gasteiger partial charge in [-0.25, -0.2) is 13.2 Å². The van der Waals surface area contributed by atoms with Crippen molar-refractivity contribution in [2.75, 3.05) is 17.1 Å². The van der Waals surface area contributed by atoms with Crippen molar-refractivity contribution in [2.45, 2.75) is 20.3 Å². The molecule has 0 bridgehead atoms. The third-order valence-electron chi connectivity index (χ3n) is 2.14. The normalized spacial score (nSPS) is 11.0. The van der Waals surface area contributed by atoms with E-state index in [1.807, 2.05) is 0 Å². The summed E-state index contributed by atoms with van der Waals surface area (Å²) in [6.45, 7) is 3.83. The molecule has 100 valence electrons. The molecule has 1 rings (SSSR count). The molecule has 0 aliphatic carbocycles. The van der Waals surface area contributed by atoms with E-state index < -0.39 is 16.0 Å². The molecule has 0 radical (unpaired) electrons. The highest BCUT2D eigenvalue weighted by Gasteiger charge is 2.10. The minimum Gasteiger partial charge on any atom is -0.462 e. The number of rotatable bonds is 6. The molecular weight excluding hydrogens is 254 g/mol. The molecule has 0 spiro atoms. The number of carbonyl (C=O) groups excluding carboxylic acids is 1. The Morgan fingerprint density at radius 3 is 2.33 bits per heavy atom. The second kappa shape index (κ2) is 6.39. The Morgan fingerprint density at radius 2 is 1.83 bits per heavy atom. The third-order valence-corrected chi connectivity index (χ3v) is 3.63. The zero-order valence-electron chi connectivity index (χ0n) is 10.5. The van der Waals surface area contributed by atoms with Crippen molar-refractivity contribution in [1.29, 1.82) is 0 Å². The van der Waals surface area contributed by atoms with Gasteiger partial charge in [0.2, 0.25) is 10.0 Å². The van der Waals surface area contributed by atoms with Gasteiger partial charge in [0, 0.05) is 5.69 Å². The zero-order chi connectivity index (χ0) is 13.6. The fourth-order valence-electron chi connectivity index (χ4n) is 1.39. The number of esters is 1. The van der Waals surface area contributed by atoms with E-state index in [4.69, 9.17) is 4.74 Å². The molecule has 1 aromatic carbocycles. The molecular formula is C12H17NO4S. The van der Waals surface area contributed by atoms with Gasteiger partial charge in [0.1, 0.15) is 0 Å². The minimum atomic E-state index is -3.29. The van der Waals surface area contributed by atoms with E-state index in [1.165, 1.54) is 12.1 Å². The number of ether oxygens (including phenoxy) is 1. The quantitative estimate of drug-likeness (QED) is 0.803. The lowest BCUT2D eigenvalue weighted by atomic mass is 10.2. The van der Waals surface area contributed by atoms with Crippen molar-refractivity contribution in [3.63, 3.8) is 0 Å². The molecule has 0 unspecified atom stereocenters. The number of benzene rings is 1. The van der Waals surface area contributed by atoms with Gasteiger partial charge < -0.3 is 4.74 Å². The average molecular weight is 271 g/mol. The molecule has 0 atom stereocenters. The lowest BCUT2D eigenvalue weighted by molar-refractivity contribution is 0.0526. The first-order valence-electron chi connectivity index (χ1n) is 5.76. The number of carbonyl (C=O) groups is 1. The fourth-order valence-corrected chi connectivity index (χ4v) is 2.52. The SMILES string of the molecule is CCCS(=O)(=O)Nc1ccc(C(=O)OCC)cc1. The van der Waals surface area contributed by atoms with Gasteiger partial charge in [0.15, 0.2) is 0 Å². The van der Waals surface area contributed by atoms with Crippen LogP contribution in [-0.2, 0) is 14.8 Å². The maximum atomic E-state index is 11.5. The van der Waals surface area contributed by atoms with Crippen molar-refractivity contribution in [1.82, 2.24) is 0 Å². The van der Waals surface area contributed by atoms with Crippen LogP contribution in [0.2, 0.25) is 0 Å². The Morgan fingerprint density at radius 1 is 1.22 bits per heavy atom. The van der Waals surface area contributed by atoms with Gasteiger partial charge in [-0.05, 0) is 37.6 Å². The lowest BCUT2D eigenvalue weighted by Crippen LogP contribution is -2.16. The van der Waals surface area contributed by atoms with Crippen molar-refractivity contribution < 1.29 is 17.9 Å². The molecule has 0 saturated heterocycles. The summed E-state index contributed by atoms with van der Waals surface area (Å²) >= 11 is 0. The van der Waals surface area contributed by atoms with E-state index in [0.717, 1.165) is 0 Å². The molecule has 0 aliphatic heterocycles. The molecule has 0 heterocycles. The molecule has 5 nitrogen and oxygen atoms in total. The highest BCUT2D eigenvalue weighted by atomic mass is 32.2. The highest BCUT2D eigenvalue weighted by Crippen LogP contribution is 2.12. The first-order valence-corrected chi connectivity index (χ1v) is 7.41. The summed E-state index contributed by atoms with van der Waals surface area (Å²) in [6.07, 6.45) is 0.552. The van der Waals surface area contributed by atoms with Crippen LogP contribution >= 0.6 is 0 Å². The molecule has 0 saturated carbocycles. The molecule has 0 amide bonds. The van der Waals surface area contributed by atoms with E-state index >= 15 is 0 Å². The maximum Gasteiger partial charge on any atom is 0.338 e. The van der Waals surface area contributed by atoms with Gasteiger partial charge in [0.25, 0.3) is 0 Å². The van der Waals surface area contributed by atoms with Crippen LogP contribution in [0.5, 0.6) is 0 Å². The number of sulfonamides is 1. The Bertz CT molecular complexity index is 493. The van der Waals surface area contributed by atoms with Gasteiger partial charge >= 0.3 is 5.97 Å².